The van der Waals surface area contributed by atoms with E-state index in [1.165, 1.54) is 32.4 Å². The predicted octanol–water partition coefficient (Wildman–Crippen LogP) is 3.27. The zero-order chi connectivity index (χ0) is 14.8. The fourth-order valence-corrected chi connectivity index (χ4v) is 4.56. The second-order valence-electron chi connectivity index (χ2n) is 6.10. The minimum atomic E-state index is 0.228. The van der Waals surface area contributed by atoms with Gasteiger partial charge in [0.05, 0.1) is 0 Å². The Labute approximate surface area is 140 Å². The maximum Gasteiger partial charge on any atom is 0.0485 e. The molecule has 21 heavy (non-hydrogen) atoms. The summed E-state index contributed by atoms with van der Waals surface area (Å²) in [5.41, 5.74) is 7.27. The quantitative estimate of drug-likeness (QED) is 0.884. The summed E-state index contributed by atoms with van der Waals surface area (Å²) in [5, 5.41) is 0.812. The fourth-order valence-electron chi connectivity index (χ4n) is 3.76. The lowest BCUT2D eigenvalue weighted by molar-refractivity contribution is 0.176. The first kappa shape index (κ1) is 15.8. The SMILES string of the molecule is NCC(c1ccc(Br)cc1Cl)N1CCCN2CCCC2C1. The molecule has 2 aliphatic heterocycles. The van der Waals surface area contributed by atoms with Gasteiger partial charge in [0.1, 0.15) is 0 Å². The number of hydrogen-bond acceptors (Lipinski definition) is 3. The number of rotatable bonds is 3. The van der Waals surface area contributed by atoms with Crippen molar-refractivity contribution in [1.82, 2.24) is 9.80 Å². The van der Waals surface area contributed by atoms with Crippen LogP contribution >= 0.6 is 27.5 Å². The predicted molar refractivity (Wildman–Crippen MR) is 91.7 cm³/mol. The molecule has 2 atom stereocenters. The molecule has 2 saturated heterocycles. The van der Waals surface area contributed by atoms with Crippen LogP contribution in [0, 0.1) is 0 Å². The van der Waals surface area contributed by atoms with Crippen LogP contribution in [-0.4, -0.2) is 48.6 Å². The van der Waals surface area contributed by atoms with Gasteiger partial charge in [-0.3, -0.25) is 9.80 Å². The maximum absolute atomic E-state index is 6.45. The fraction of sp³-hybridized carbons (Fsp3) is 0.625. The Hall–Kier alpha value is -0.130. The Morgan fingerprint density at radius 2 is 2.10 bits per heavy atom. The Kier molecular flexibility index (Phi) is 5.23. The highest BCUT2D eigenvalue weighted by molar-refractivity contribution is 9.10. The molecule has 2 aliphatic rings. The number of nitrogens with zero attached hydrogens (tertiary/aromatic N) is 2. The lowest BCUT2D eigenvalue weighted by atomic mass is 10.0. The van der Waals surface area contributed by atoms with Crippen molar-refractivity contribution < 1.29 is 0 Å². The summed E-state index contributed by atoms with van der Waals surface area (Å²) in [6.45, 7) is 5.35. The molecule has 2 fully saturated rings. The van der Waals surface area contributed by atoms with Gasteiger partial charge in [-0.25, -0.2) is 0 Å². The van der Waals surface area contributed by atoms with Crippen LogP contribution in [0.1, 0.15) is 30.9 Å². The standard InChI is InChI=1S/C16H23BrClN3/c17-12-4-5-14(15(18)9-12)16(10-19)21-8-2-7-20-6-1-3-13(20)11-21/h4-5,9,13,16H,1-3,6-8,10-11,19H2. The highest BCUT2D eigenvalue weighted by Gasteiger charge is 2.32. The average molecular weight is 373 g/mol. The molecule has 0 radical (unpaired) electrons. The zero-order valence-electron chi connectivity index (χ0n) is 12.3. The van der Waals surface area contributed by atoms with Crippen LogP contribution in [0.2, 0.25) is 5.02 Å². The molecule has 3 rings (SSSR count). The van der Waals surface area contributed by atoms with Gasteiger partial charge < -0.3 is 5.73 Å². The van der Waals surface area contributed by atoms with E-state index in [9.17, 15) is 0 Å². The maximum atomic E-state index is 6.45. The van der Waals surface area contributed by atoms with Crippen LogP contribution in [0.15, 0.2) is 22.7 Å². The van der Waals surface area contributed by atoms with Crippen LogP contribution in [0.25, 0.3) is 0 Å². The first-order valence-corrected chi connectivity index (χ1v) is 8.99. The molecule has 3 nitrogen and oxygen atoms in total. The molecule has 116 valence electrons. The molecule has 0 amide bonds. The molecule has 2 heterocycles. The van der Waals surface area contributed by atoms with E-state index in [-0.39, 0.29) is 6.04 Å². The topological polar surface area (TPSA) is 32.5 Å². The van der Waals surface area contributed by atoms with Gasteiger partial charge >= 0.3 is 0 Å². The second-order valence-corrected chi connectivity index (χ2v) is 7.42. The van der Waals surface area contributed by atoms with Crippen LogP contribution in [0.5, 0.6) is 0 Å². The van der Waals surface area contributed by atoms with Crippen molar-refractivity contribution in [1.29, 1.82) is 0 Å². The van der Waals surface area contributed by atoms with Crippen molar-refractivity contribution in [2.75, 3.05) is 32.7 Å². The monoisotopic (exact) mass is 371 g/mol. The molecule has 0 saturated carbocycles. The molecule has 0 spiro atoms. The number of halogens is 2. The molecular formula is C16H23BrClN3. The number of fused-ring (bicyclic) bond motifs is 1. The molecule has 0 bridgehead atoms. The highest BCUT2D eigenvalue weighted by atomic mass is 79.9. The second kappa shape index (κ2) is 6.97. The third-order valence-electron chi connectivity index (χ3n) is 4.82. The van der Waals surface area contributed by atoms with Gasteiger partial charge in [-0.1, -0.05) is 33.6 Å². The van der Waals surface area contributed by atoms with E-state index < -0.39 is 0 Å². The van der Waals surface area contributed by atoms with Crippen LogP contribution < -0.4 is 5.73 Å². The largest absolute Gasteiger partial charge is 0.329 e. The van der Waals surface area contributed by atoms with E-state index in [4.69, 9.17) is 17.3 Å². The van der Waals surface area contributed by atoms with E-state index in [0.29, 0.717) is 12.6 Å². The van der Waals surface area contributed by atoms with Crippen molar-refractivity contribution in [3.8, 4) is 0 Å². The van der Waals surface area contributed by atoms with Gasteiger partial charge in [0, 0.05) is 41.2 Å². The van der Waals surface area contributed by atoms with Crippen molar-refractivity contribution in [2.24, 2.45) is 5.73 Å². The minimum Gasteiger partial charge on any atom is -0.329 e. The van der Waals surface area contributed by atoms with Crippen LogP contribution in [0.4, 0.5) is 0 Å². The molecule has 0 aliphatic carbocycles. The van der Waals surface area contributed by atoms with Crippen LogP contribution in [0.3, 0.4) is 0 Å². The normalized spacial score (nSPS) is 25.6. The molecular weight excluding hydrogens is 350 g/mol. The molecule has 2 N–H and O–H groups in total. The summed E-state index contributed by atoms with van der Waals surface area (Å²) in [4.78, 5) is 5.20. The minimum absolute atomic E-state index is 0.228. The number of hydrogen-bond donors (Lipinski definition) is 1. The van der Waals surface area contributed by atoms with E-state index in [2.05, 4.69) is 37.9 Å². The Bertz CT molecular complexity index is 496. The third-order valence-corrected chi connectivity index (χ3v) is 5.64. The summed E-state index contributed by atoms with van der Waals surface area (Å²) in [7, 11) is 0. The smallest absolute Gasteiger partial charge is 0.0485 e. The van der Waals surface area contributed by atoms with Gasteiger partial charge in [0.2, 0.25) is 0 Å². The third kappa shape index (κ3) is 3.45. The molecule has 1 aromatic carbocycles. The van der Waals surface area contributed by atoms with E-state index in [1.54, 1.807) is 0 Å². The Morgan fingerprint density at radius 1 is 1.29 bits per heavy atom. The van der Waals surface area contributed by atoms with E-state index >= 15 is 0 Å². The first-order chi connectivity index (χ1) is 10.2. The Morgan fingerprint density at radius 3 is 2.86 bits per heavy atom. The van der Waals surface area contributed by atoms with Gasteiger partial charge in [-0.15, -0.1) is 0 Å². The van der Waals surface area contributed by atoms with E-state index in [1.807, 2.05) is 6.07 Å². The number of nitrogens with two attached hydrogens (primary N) is 1. The zero-order valence-corrected chi connectivity index (χ0v) is 14.6. The van der Waals surface area contributed by atoms with E-state index in [0.717, 1.165) is 28.1 Å². The first-order valence-electron chi connectivity index (χ1n) is 7.82. The van der Waals surface area contributed by atoms with Gasteiger partial charge in [-0.05, 0) is 50.0 Å². The van der Waals surface area contributed by atoms with Gasteiger partial charge in [-0.2, -0.15) is 0 Å². The van der Waals surface area contributed by atoms with Crippen molar-refractivity contribution >= 4 is 27.5 Å². The van der Waals surface area contributed by atoms with Crippen molar-refractivity contribution in [2.45, 2.75) is 31.3 Å². The average Bonchev–Trinajstić information content (AvgIpc) is 2.80. The summed E-state index contributed by atoms with van der Waals surface area (Å²) in [6.07, 6.45) is 3.88. The van der Waals surface area contributed by atoms with Gasteiger partial charge in [0.15, 0.2) is 0 Å². The summed E-state index contributed by atoms with van der Waals surface area (Å²) >= 11 is 9.93. The lowest BCUT2D eigenvalue weighted by Crippen LogP contribution is -2.40. The summed E-state index contributed by atoms with van der Waals surface area (Å²) in [6, 6.07) is 7.08. The van der Waals surface area contributed by atoms with Crippen LogP contribution in [-0.2, 0) is 0 Å². The molecule has 1 aromatic rings. The molecule has 5 heteroatoms. The highest BCUT2D eigenvalue weighted by Crippen LogP contribution is 2.32. The summed E-state index contributed by atoms with van der Waals surface area (Å²) in [5.74, 6) is 0. The van der Waals surface area contributed by atoms with Gasteiger partial charge in [0.25, 0.3) is 0 Å². The Balaban J connectivity index is 1.81. The van der Waals surface area contributed by atoms with Crippen molar-refractivity contribution in [3.05, 3.63) is 33.3 Å². The number of benzene rings is 1. The van der Waals surface area contributed by atoms with Crippen molar-refractivity contribution in [3.63, 3.8) is 0 Å². The summed E-state index contributed by atoms with van der Waals surface area (Å²) < 4.78 is 1.02. The molecule has 0 aromatic heterocycles. The molecule has 2 unspecified atom stereocenters. The lowest BCUT2D eigenvalue weighted by Gasteiger charge is -2.33.